The maximum Gasteiger partial charge on any atom is 0.255 e. The molecule has 0 radical (unpaired) electrons. The van der Waals surface area contributed by atoms with Crippen molar-refractivity contribution in [3.8, 4) is 23.5 Å². The van der Waals surface area contributed by atoms with Gasteiger partial charge < -0.3 is 15.7 Å². The molecule has 10 heteroatoms. The SMILES string of the molecule is C[C@@H](C#N)Nc1cc(-c2ccc3cc(C#N)cnn23)ncc1C(=O)NCC(F)C(C)(C)O. The number of amides is 1. The van der Waals surface area contributed by atoms with Crippen LogP contribution in [0.4, 0.5) is 10.1 Å². The summed E-state index contributed by atoms with van der Waals surface area (Å²) < 4.78 is 15.6. The normalized spacial score (nSPS) is 13.1. The zero-order valence-corrected chi connectivity index (χ0v) is 17.8. The summed E-state index contributed by atoms with van der Waals surface area (Å²) in [5.74, 6) is -0.597. The number of aliphatic hydroxyl groups is 1. The number of rotatable bonds is 7. The number of carbonyl (C=O) groups excluding carboxylic acids is 1. The first-order chi connectivity index (χ1) is 15.1. The standard InChI is InChI=1S/C22H22FN7O2/c1-13(8-24)29-17-7-18(19-5-4-15-6-14(9-25)10-28-30(15)19)26-11-16(17)21(31)27-12-20(23)22(2,3)32/h4-7,10-11,13,20,32H,12H2,1-3H3,(H,26,29)(H,27,31)/t13-,20?/m0/s1. The lowest BCUT2D eigenvalue weighted by Crippen LogP contribution is -2.42. The minimum Gasteiger partial charge on any atom is -0.387 e. The van der Waals surface area contributed by atoms with Crippen molar-refractivity contribution < 1.29 is 14.3 Å². The van der Waals surface area contributed by atoms with Crippen molar-refractivity contribution in [2.45, 2.75) is 38.6 Å². The molecule has 0 fully saturated rings. The van der Waals surface area contributed by atoms with Crippen LogP contribution in [0.2, 0.25) is 0 Å². The molecule has 9 nitrogen and oxygen atoms in total. The number of hydrogen-bond acceptors (Lipinski definition) is 7. The van der Waals surface area contributed by atoms with Gasteiger partial charge in [0, 0.05) is 6.20 Å². The fraction of sp³-hybridized carbons (Fsp3) is 0.318. The first-order valence-corrected chi connectivity index (χ1v) is 9.83. The number of anilines is 1. The van der Waals surface area contributed by atoms with Crippen LogP contribution in [-0.4, -0.2) is 50.0 Å². The van der Waals surface area contributed by atoms with Gasteiger partial charge in [-0.2, -0.15) is 15.6 Å². The molecular weight excluding hydrogens is 413 g/mol. The van der Waals surface area contributed by atoms with Gasteiger partial charge in [-0.25, -0.2) is 8.91 Å². The van der Waals surface area contributed by atoms with Crippen LogP contribution < -0.4 is 10.6 Å². The summed E-state index contributed by atoms with van der Waals surface area (Å²) in [4.78, 5) is 17.0. The monoisotopic (exact) mass is 435 g/mol. The number of halogens is 1. The number of aromatic nitrogens is 3. The quantitative estimate of drug-likeness (QED) is 0.518. The van der Waals surface area contributed by atoms with Gasteiger partial charge in [0.15, 0.2) is 0 Å². The molecule has 1 amide bonds. The third kappa shape index (κ3) is 4.82. The zero-order valence-electron chi connectivity index (χ0n) is 17.8. The van der Waals surface area contributed by atoms with Crippen molar-refractivity contribution in [3.63, 3.8) is 0 Å². The summed E-state index contributed by atoms with van der Waals surface area (Å²) in [6.07, 6.45) is 1.10. The number of nitrogens with zero attached hydrogens (tertiary/aromatic N) is 5. The Morgan fingerprint density at radius 3 is 2.72 bits per heavy atom. The molecule has 0 spiro atoms. The average molecular weight is 435 g/mol. The van der Waals surface area contributed by atoms with Crippen LogP contribution in [0.15, 0.2) is 36.7 Å². The molecule has 3 N–H and O–H groups in total. The maximum absolute atomic E-state index is 14.0. The van der Waals surface area contributed by atoms with Gasteiger partial charge in [0.2, 0.25) is 0 Å². The first-order valence-electron chi connectivity index (χ1n) is 9.83. The van der Waals surface area contributed by atoms with Crippen molar-refractivity contribution in [1.82, 2.24) is 19.9 Å². The molecule has 3 aromatic heterocycles. The predicted molar refractivity (Wildman–Crippen MR) is 115 cm³/mol. The van der Waals surface area contributed by atoms with Crippen LogP contribution in [0.1, 0.15) is 36.7 Å². The van der Waals surface area contributed by atoms with Crippen LogP contribution in [0, 0.1) is 22.7 Å². The fourth-order valence-electron chi connectivity index (χ4n) is 2.94. The summed E-state index contributed by atoms with van der Waals surface area (Å²) >= 11 is 0. The lowest BCUT2D eigenvalue weighted by molar-refractivity contribution is -0.00177. The molecule has 0 aliphatic rings. The van der Waals surface area contributed by atoms with E-state index in [1.807, 2.05) is 12.1 Å². The Labute approximate surface area is 184 Å². The van der Waals surface area contributed by atoms with E-state index in [4.69, 9.17) is 5.26 Å². The molecule has 32 heavy (non-hydrogen) atoms. The molecule has 0 saturated carbocycles. The second-order valence-corrected chi connectivity index (χ2v) is 7.85. The topological polar surface area (TPSA) is 139 Å². The Bertz CT molecular complexity index is 1230. The van der Waals surface area contributed by atoms with Crippen LogP contribution in [0.3, 0.4) is 0 Å². The number of nitrogens with one attached hydrogen (secondary N) is 2. The number of alkyl halides is 1. The summed E-state index contributed by atoms with van der Waals surface area (Å²) in [5, 5.41) is 37.6. The minimum atomic E-state index is -1.66. The molecule has 0 saturated heterocycles. The molecule has 0 aliphatic carbocycles. The summed E-state index contributed by atoms with van der Waals surface area (Å²) in [6, 6.07) is 10.3. The minimum absolute atomic E-state index is 0.124. The van der Waals surface area contributed by atoms with Gasteiger partial charge in [-0.15, -0.1) is 0 Å². The number of fused-ring (bicyclic) bond motifs is 1. The van der Waals surface area contributed by atoms with E-state index in [2.05, 4.69) is 20.7 Å². The highest BCUT2D eigenvalue weighted by Crippen LogP contribution is 2.26. The fourth-order valence-corrected chi connectivity index (χ4v) is 2.94. The van der Waals surface area contributed by atoms with E-state index in [0.29, 0.717) is 28.2 Å². The Morgan fingerprint density at radius 2 is 2.06 bits per heavy atom. The Balaban J connectivity index is 1.96. The van der Waals surface area contributed by atoms with E-state index in [1.54, 1.807) is 35.7 Å². The Kier molecular flexibility index (Phi) is 6.37. The highest BCUT2D eigenvalue weighted by atomic mass is 19.1. The van der Waals surface area contributed by atoms with Crippen molar-refractivity contribution in [1.29, 1.82) is 10.5 Å². The highest BCUT2D eigenvalue weighted by molar-refractivity contribution is 6.00. The summed E-state index contributed by atoms with van der Waals surface area (Å²) in [5.41, 5.74) is 1.08. The van der Waals surface area contributed by atoms with Crippen LogP contribution in [0.25, 0.3) is 16.9 Å². The van der Waals surface area contributed by atoms with Crippen molar-refractivity contribution in [2.24, 2.45) is 0 Å². The maximum atomic E-state index is 14.0. The molecule has 3 aromatic rings. The van der Waals surface area contributed by atoms with Crippen LogP contribution in [0.5, 0.6) is 0 Å². The van der Waals surface area contributed by atoms with Crippen LogP contribution >= 0.6 is 0 Å². The van der Waals surface area contributed by atoms with Gasteiger partial charge >= 0.3 is 0 Å². The van der Waals surface area contributed by atoms with Gasteiger partial charge in [0.05, 0.1) is 58.1 Å². The van der Waals surface area contributed by atoms with Crippen molar-refractivity contribution in [3.05, 3.63) is 47.8 Å². The highest BCUT2D eigenvalue weighted by Gasteiger charge is 2.27. The Hall–Kier alpha value is -4.02. The number of carbonyl (C=O) groups is 1. The lowest BCUT2D eigenvalue weighted by Gasteiger charge is -2.22. The predicted octanol–water partition coefficient (Wildman–Crippen LogP) is 2.43. The largest absolute Gasteiger partial charge is 0.387 e. The summed E-state index contributed by atoms with van der Waals surface area (Å²) in [7, 11) is 0. The summed E-state index contributed by atoms with van der Waals surface area (Å²) in [6.45, 7) is 3.88. The lowest BCUT2D eigenvalue weighted by atomic mass is 10.0. The molecule has 2 atom stereocenters. The molecule has 3 heterocycles. The van der Waals surface area contributed by atoms with E-state index >= 15 is 0 Å². The van der Waals surface area contributed by atoms with Gasteiger partial charge in [0.25, 0.3) is 5.91 Å². The number of hydrogen-bond donors (Lipinski definition) is 3. The van der Waals surface area contributed by atoms with Gasteiger partial charge in [-0.1, -0.05) is 0 Å². The molecule has 0 aliphatic heterocycles. The molecule has 164 valence electrons. The number of pyridine rings is 1. The smallest absolute Gasteiger partial charge is 0.255 e. The molecule has 1 unspecified atom stereocenters. The molecular formula is C22H22FN7O2. The van der Waals surface area contributed by atoms with E-state index in [-0.39, 0.29) is 12.1 Å². The third-order valence-corrected chi connectivity index (χ3v) is 4.81. The van der Waals surface area contributed by atoms with E-state index in [9.17, 15) is 19.6 Å². The average Bonchev–Trinajstić information content (AvgIpc) is 3.19. The van der Waals surface area contributed by atoms with E-state index < -0.39 is 23.7 Å². The molecule has 0 bridgehead atoms. The first kappa shape index (κ1) is 22.7. The van der Waals surface area contributed by atoms with Gasteiger partial charge in [-0.05, 0) is 45.0 Å². The van der Waals surface area contributed by atoms with Crippen molar-refractivity contribution in [2.75, 3.05) is 11.9 Å². The second kappa shape index (κ2) is 9.00. The zero-order chi connectivity index (χ0) is 23.5. The Morgan fingerprint density at radius 1 is 1.31 bits per heavy atom. The van der Waals surface area contributed by atoms with Gasteiger partial charge in [-0.3, -0.25) is 9.78 Å². The number of nitriles is 2. The van der Waals surface area contributed by atoms with Gasteiger partial charge in [0.1, 0.15) is 18.3 Å². The molecule has 0 aromatic carbocycles. The third-order valence-electron chi connectivity index (χ3n) is 4.81. The second-order valence-electron chi connectivity index (χ2n) is 7.85. The molecule has 3 rings (SSSR count). The van der Waals surface area contributed by atoms with Crippen LogP contribution in [-0.2, 0) is 0 Å². The van der Waals surface area contributed by atoms with E-state index in [0.717, 1.165) is 0 Å². The van der Waals surface area contributed by atoms with E-state index in [1.165, 1.54) is 26.2 Å². The van der Waals surface area contributed by atoms with Crippen molar-refractivity contribution >= 4 is 17.1 Å².